The molecule has 0 fully saturated rings. The summed E-state index contributed by atoms with van der Waals surface area (Å²) in [5, 5.41) is 0. The number of hydrogen-bond donors (Lipinski definition) is 0. The van der Waals surface area contributed by atoms with Crippen LogP contribution in [0.4, 0.5) is 0 Å². The zero-order valence-electron chi connectivity index (χ0n) is 7.63. The second kappa shape index (κ2) is 2.98. The molecule has 0 spiro atoms. The van der Waals surface area contributed by atoms with Crippen molar-refractivity contribution in [1.82, 2.24) is 0 Å². The van der Waals surface area contributed by atoms with Crippen LogP contribution in [-0.4, -0.2) is 17.7 Å². The average molecular weight is 180 g/mol. The van der Waals surface area contributed by atoms with Crippen LogP contribution in [0.1, 0.15) is 32.6 Å². The van der Waals surface area contributed by atoms with Gasteiger partial charge in [0.1, 0.15) is 11.9 Å². The van der Waals surface area contributed by atoms with Gasteiger partial charge in [0, 0.05) is 19.3 Å². The third-order valence-corrected chi connectivity index (χ3v) is 2.46. The van der Waals surface area contributed by atoms with Crippen LogP contribution < -0.4 is 0 Å². The number of ketones is 2. The summed E-state index contributed by atoms with van der Waals surface area (Å²) in [6, 6.07) is 0. The first-order valence-electron chi connectivity index (χ1n) is 4.64. The summed E-state index contributed by atoms with van der Waals surface area (Å²) in [6.45, 7) is 1.86. The van der Waals surface area contributed by atoms with Gasteiger partial charge in [-0.2, -0.15) is 0 Å². The molecule has 1 atom stereocenters. The number of ether oxygens (including phenoxy) is 1. The molecule has 1 aliphatic heterocycles. The maximum absolute atomic E-state index is 11.5. The van der Waals surface area contributed by atoms with E-state index < -0.39 is 0 Å². The summed E-state index contributed by atoms with van der Waals surface area (Å²) in [7, 11) is 0. The smallest absolute Gasteiger partial charge is 0.173 e. The maximum Gasteiger partial charge on any atom is 0.173 e. The molecule has 0 aromatic heterocycles. The predicted molar refractivity (Wildman–Crippen MR) is 46.1 cm³/mol. The van der Waals surface area contributed by atoms with E-state index in [9.17, 15) is 9.59 Å². The Bertz CT molecular complexity index is 301. The Morgan fingerprint density at radius 1 is 1.23 bits per heavy atom. The van der Waals surface area contributed by atoms with Crippen LogP contribution >= 0.6 is 0 Å². The number of carbonyl (C=O) groups is 2. The SMILES string of the molecule is CC1CC(=O)C2=C(CCCC2=O)O1. The molecule has 0 amide bonds. The topological polar surface area (TPSA) is 43.4 Å². The summed E-state index contributed by atoms with van der Waals surface area (Å²) in [4.78, 5) is 22.9. The highest BCUT2D eigenvalue weighted by Gasteiger charge is 2.32. The monoisotopic (exact) mass is 180 g/mol. The summed E-state index contributed by atoms with van der Waals surface area (Å²) in [6.07, 6.45) is 2.36. The van der Waals surface area contributed by atoms with Gasteiger partial charge in [-0.15, -0.1) is 0 Å². The molecule has 0 aromatic carbocycles. The molecule has 0 radical (unpaired) electrons. The van der Waals surface area contributed by atoms with E-state index in [2.05, 4.69) is 0 Å². The molecule has 1 heterocycles. The lowest BCUT2D eigenvalue weighted by molar-refractivity contribution is -0.125. The van der Waals surface area contributed by atoms with Gasteiger partial charge in [0.25, 0.3) is 0 Å². The van der Waals surface area contributed by atoms with Crippen molar-refractivity contribution in [3.8, 4) is 0 Å². The number of rotatable bonds is 0. The molecular weight excluding hydrogens is 168 g/mol. The summed E-state index contributed by atoms with van der Waals surface area (Å²) >= 11 is 0. The van der Waals surface area contributed by atoms with E-state index in [1.165, 1.54) is 0 Å². The second-order valence-corrected chi connectivity index (χ2v) is 3.63. The largest absolute Gasteiger partial charge is 0.494 e. The third kappa shape index (κ3) is 1.39. The van der Waals surface area contributed by atoms with Crippen LogP contribution in [0.25, 0.3) is 0 Å². The van der Waals surface area contributed by atoms with Crippen LogP contribution in [0.3, 0.4) is 0 Å². The normalized spacial score (nSPS) is 28.5. The maximum atomic E-state index is 11.5. The molecule has 0 saturated carbocycles. The van der Waals surface area contributed by atoms with Gasteiger partial charge in [-0.25, -0.2) is 0 Å². The molecule has 3 heteroatoms. The van der Waals surface area contributed by atoms with E-state index >= 15 is 0 Å². The average Bonchev–Trinajstić information content (AvgIpc) is 2.02. The zero-order valence-corrected chi connectivity index (χ0v) is 7.63. The number of carbonyl (C=O) groups excluding carboxylic acids is 2. The van der Waals surface area contributed by atoms with Gasteiger partial charge >= 0.3 is 0 Å². The van der Waals surface area contributed by atoms with Crippen LogP contribution in [0, 0.1) is 0 Å². The van der Waals surface area contributed by atoms with Gasteiger partial charge in [-0.05, 0) is 13.3 Å². The summed E-state index contributed by atoms with van der Waals surface area (Å²) < 4.78 is 5.47. The standard InChI is InChI=1S/C10H12O3/c1-6-5-8(12)10-7(11)3-2-4-9(10)13-6/h6H,2-5H2,1H3. The molecule has 0 saturated heterocycles. The minimum atomic E-state index is -0.0582. The van der Waals surface area contributed by atoms with Crippen molar-refractivity contribution in [2.75, 3.05) is 0 Å². The Balaban J connectivity index is 2.38. The van der Waals surface area contributed by atoms with E-state index in [1.54, 1.807) is 0 Å². The molecule has 1 aliphatic carbocycles. The highest BCUT2D eigenvalue weighted by atomic mass is 16.5. The van der Waals surface area contributed by atoms with Crippen molar-refractivity contribution >= 4 is 11.6 Å². The van der Waals surface area contributed by atoms with Crippen LogP contribution in [0.15, 0.2) is 11.3 Å². The molecule has 2 rings (SSSR count). The molecule has 0 aromatic rings. The lowest BCUT2D eigenvalue weighted by Crippen LogP contribution is -2.29. The molecule has 1 unspecified atom stereocenters. The van der Waals surface area contributed by atoms with Gasteiger partial charge in [-0.1, -0.05) is 0 Å². The molecule has 0 bridgehead atoms. The number of hydrogen-bond acceptors (Lipinski definition) is 3. The first-order chi connectivity index (χ1) is 6.18. The van der Waals surface area contributed by atoms with Crippen molar-refractivity contribution in [1.29, 1.82) is 0 Å². The molecular formula is C10H12O3. The Hall–Kier alpha value is -1.12. The van der Waals surface area contributed by atoms with Gasteiger partial charge in [0.15, 0.2) is 11.6 Å². The lowest BCUT2D eigenvalue weighted by Gasteiger charge is -2.27. The second-order valence-electron chi connectivity index (χ2n) is 3.63. The van der Waals surface area contributed by atoms with Gasteiger partial charge in [0.2, 0.25) is 0 Å². The third-order valence-electron chi connectivity index (χ3n) is 2.46. The Kier molecular flexibility index (Phi) is 1.94. The van der Waals surface area contributed by atoms with Crippen molar-refractivity contribution in [3.63, 3.8) is 0 Å². The van der Waals surface area contributed by atoms with Crippen LogP contribution in [0.2, 0.25) is 0 Å². The summed E-state index contributed by atoms with van der Waals surface area (Å²) in [5.74, 6) is 0.580. The Morgan fingerprint density at radius 2 is 2.00 bits per heavy atom. The minimum absolute atomic E-state index is 0.0292. The van der Waals surface area contributed by atoms with Gasteiger partial charge in [-0.3, -0.25) is 9.59 Å². The van der Waals surface area contributed by atoms with Gasteiger partial charge in [0.05, 0.1) is 5.57 Å². The highest BCUT2D eigenvalue weighted by molar-refractivity contribution is 6.21. The van der Waals surface area contributed by atoms with Crippen LogP contribution in [0.5, 0.6) is 0 Å². The van der Waals surface area contributed by atoms with Crippen molar-refractivity contribution in [2.24, 2.45) is 0 Å². The van der Waals surface area contributed by atoms with E-state index in [0.717, 1.165) is 12.8 Å². The first kappa shape index (κ1) is 8.48. The molecule has 2 aliphatic rings. The quantitative estimate of drug-likeness (QED) is 0.529. The summed E-state index contributed by atoms with van der Waals surface area (Å²) in [5.41, 5.74) is 0.351. The fourth-order valence-corrected chi connectivity index (χ4v) is 1.89. The van der Waals surface area contributed by atoms with E-state index in [4.69, 9.17) is 4.74 Å². The van der Waals surface area contributed by atoms with Crippen molar-refractivity contribution in [2.45, 2.75) is 38.7 Å². The van der Waals surface area contributed by atoms with E-state index in [0.29, 0.717) is 24.2 Å². The predicted octanol–water partition coefficient (Wildman–Crippen LogP) is 1.37. The fraction of sp³-hybridized carbons (Fsp3) is 0.600. The number of allylic oxidation sites excluding steroid dienone is 2. The van der Waals surface area contributed by atoms with E-state index in [1.807, 2.05) is 6.92 Å². The van der Waals surface area contributed by atoms with Crippen LogP contribution in [-0.2, 0) is 14.3 Å². The highest BCUT2D eigenvalue weighted by Crippen LogP contribution is 2.30. The minimum Gasteiger partial charge on any atom is -0.494 e. The van der Waals surface area contributed by atoms with Crippen molar-refractivity contribution < 1.29 is 14.3 Å². The first-order valence-corrected chi connectivity index (χ1v) is 4.64. The zero-order chi connectivity index (χ0) is 9.42. The Morgan fingerprint density at radius 3 is 2.77 bits per heavy atom. The molecule has 0 N–H and O–H groups in total. The molecule has 3 nitrogen and oxygen atoms in total. The number of Topliss-reactive ketones (excluding diaryl/α,β-unsaturated/α-hetero) is 2. The Labute approximate surface area is 76.8 Å². The molecule has 13 heavy (non-hydrogen) atoms. The van der Waals surface area contributed by atoms with Gasteiger partial charge < -0.3 is 4.74 Å². The van der Waals surface area contributed by atoms with E-state index in [-0.39, 0.29) is 17.7 Å². The fourth-order valence-electron chi connectivity index (χ4n) is 1.89. The molecule has 70 valence electrons. The lowest BCUT2D eigenvalue weighted by atomic mass is 9.89. The van der Waals surface area contributed by atoms with Crippen molar-refractivity contribution in [3.05, 3.63) is 11.3 Å².